The van der Waals surface area contributed by atoms with Gasteiger partial charge in [-0.05, 0) is 72.5 Å². The van der Waals surface area contributed by atoms with Crippen molar-refractivity contribution in [2.24, 2.45) is 5.92 Å². The van der Waals surface area contributed by atoms with Crippen LogP contribution in [0.15, 0.2) is 6.07 Å². The van der Waals surface area contributed by atoms with E-state index in [9.17, 15) is 4.79 Å². The molecule has 3 nitrogen and oxygen atoms in total. The number of carbonyl (C=O) groups is 1. The summed E-state index contributed by atoms with van der Waals surface area (Å²) in [4.78, 5) is 15.0. The van der Waals surface area contributed by atoms with Crippen LogP contribution in [0.1, 0.15) is 62.3 Å². The van der Waals surface area contributed by atoms with Crippen LogP contribution < -0.4 is 0 Å². The Morgan fingerprint density at radius 2 is 1.81 bits per heavy atom. The highest BCUT2D eigenvalue weighted by Gasteiger charge is 2.24. The zero-order valence-corrected chi connectivity index (χ0v) is 14.5. The molecule has 0 amide bonds. The van der Waals surface area contributed by atoms with Gasteiger partial charge in [-0.2, -0.15) is 0 Å². The quantitative estimate of drug-likeness (QED) is 0.792. The molecular formula is C18H30N2O. The Kier molecular flexibility index (Phi) is 4.62. The Bertz CT molecular complexity index is 514. The molecule has 0 radical (unpaired) electrons. The Balaban J connectivity index is 2.13. The molecule has 21 heavy (non-hydrogen) atoms. The molecule has 0 saturated carbocycles. The number of aromatic nitrogens is 1. The molecule has 1 aliphatic rings. The highest BCUT2D eigenvalue weighted by Crippen LogP contribution is 2.25. The van der Waals surface area contributed by atoms with Crippen molar-refractivity contribution in [3.63, 3.8) is 0 Å². The van der Waals surface area contributed by atoms with Gasteiger partial charge in [-0.3, -0.25) is 9.69 Å². The highest BCUT2D eigenvalue weighted by atomic mass is 16.1. The zero-order valence-electron chi connectivity index (χ0n) is 14.5. The molecule has 3 heteroatoms. The number of nitrogens with zero attached hydrogens (tertiary/aromatic N) is 2. The Morgan fingerprint density at radius 3 is 2.29 bits per heavy atom. The van der Waals surface area contributed by atoms with E-state index >= 15 is 0 Å². The fraction of sp³-hybridized carbons (Fsp3) is 0.722. The summed E-state index contributed by atoms with van der Waals surface area (Å²) in [6.45, 7) is 15.7. The minimum atomic E-state index is 0.0211. The predicted octanol–water partition coefficient (Wildman–Crippen LogP) is 3.77. The largest absolute Gasteiger partial charge is 0.343 e. The van der Waals surface area contributed by atoms with Gasteiger partial charge in [0.25, 0.3) is 0 Å². The molecule has 2 heterocycles. The lowest BCUT2D eigenvalue weighted by atomic mass is 9.98. The Hall–Kier alpha value is -1.09. The van der Waals surface area contributed by atoms with Crippen LogP contribution in [0.25, 0.3) is 0 Å². The van der Waals surface area contributed by atoms with Gasteiger partial charge in [-0.15, -0.1) is 0 Å². The SMILES string of the molecule is Cc1cc(C(=O)CN2CCC(C)CC2)c(C)n1C(C)(C)C. The summed E-state index contributed by atoms with van der Waals surface area (Å²) >= 11 is 0. The van der Waals surface area contributed by atoms with E-state index in [4.69, 9.17) is 0 Å². The number of Topliss-reactive ketones (excluding diaryl/α,β-unsaturated/α-hetero) is 1. The topological polar surface area (TPSA) is 25.2 Å². The van der Waals surface area contributed by atoms with Crippen LogP contribution in [0, 0.1) is 19.8 Å². The van der Waals surface area contributed by atoms with E-state index in [0.717, 1.165) is 30.3 Å². The number of hydrogen-bond acceptors (Lipinski definition) is 2. The number of ketones is 1. The van der Waals surface area contributed by atoms with Crippen molar-refractivity contribution in [1.82, 2.24) is 9.47 Å². The minimum Gasteiger partial charge on any atom is -0.343 e. The molecule has 118 valence electrons. The first kappa shape index (κ1) is 16.3. The molecule has 0 aliphatic carbocycles. The molecule has 1 saturated heterocycles. The lowest BCUT2D eigenvalue weighted by Gasteiger charge is -2.29. The lowest BCUT2D eigenvalue weighted by Crippen LogP contribution is -2.37. The molecule has 0 spiro atoms. The fourth-order valence-electron chi connectivity index (χ4n) is 3.59. The maximum atomic E-state index is 12.7. The predicted molar refractivity (Wildman–Crippen MR) is 88.1 cm³/mol. The highest BCUT2D eigenvalue weighted by molar-refractivity contribution is 5.99. The summed E-state index contributed by atoms with van der Waals surface area (Å²) in [5.74, 6) is 1.08. The molecule has 1 fully saturated rings. The van der Waals surface area contributed by atoms with E-state index < -0.39 is 0 Å². The summed E-state index contributed by atoms with van der Waals surface area (Å²) < 4.78 is 2.28. The molecule has 0 atom stereocenters. The maximum Gasteiger partial charge on any atom is 0.178 e. The van der Waals surface area contributed by atoms with Crippen molar-refractivity contribution in [2.75, 3.05) is 19.6 Å². The molecule has 0 unspecified atom stereocenters. The summed E-state index contributed by atoms with van der Waals surface area (Å²) in [5, 5.41) is 0. The van der Waals surface area contributed by atoms with E-state index in [-0.39, 0.29) is 11.3 Å². The van der Waals surface area contributed by atoms with Crippen molar-refractivity contribution in [2.45, 2.75) is 59.9 Å². The van der Waals surface area contributed by atoms with Gasteiger partial charge in [-0.1, -0.05) is 6.92 Å². The van der Waals surface area contributed by atoms with E-state index in [1.165, 1.54) is 18.5 Å². The second-order valence-electron chi connectivity index (χ2n) is 7.67. The van der Waals surface area contributed by atoms with Crippen molar-refractivity contribution in [3.05, 3.63) is 23.0 Å². The van der Waals surface area contributed by atoms with Gasteiger partial charge in [0, 0.05) is 22.5 Å². The van der Waals surface area contributed by atoms with Gasteiger partial charge >= 0.3 is 0 Å². The van der Waals surface area contributed by atoms with E-state index in [0.29, 0.717) is 6.54 Å². The molecule has 0 N–H and O–H groups in total. The van der Waals surface area contributed by atoms with Crippen molar-refractivity contribution >= 4 is 5.78 Å². The number of hydrogen-bond donors (Lipinski definition) is 0. The molecule has 1 aromatic heterocycles. The number of aryl methyl sites for hydroxylation is 1. The standard InChI is InChI=1S/C18H30N2O/c1-13-7-9-19(10-8-13)12-17(21)16-11-14(2)20(15(16)3)18(4,5)6/h11,13H,7-10,12H2,1-6H3. The Morgan fingerprint density at radius 1 is 1.24 bits per heavy atom. The van der Waals surface area contributed by atoms with E-state index in [1.807, 2.05) is 0 Å². The van der Waals surface area contributed by atoms with Gasteiger partial charge in [0.05, 0.1) is 6.54 Å². The zero-order chi connectivity index (χ0) is 15.8. The first-order chi connectivity index (χ1) is 9.70. The molecule has 1 aliphatic heterocycles. The number of carbonyl (C=O) groups excluding carboxylic acids is 1. The monoisotopic (exact) mass is 290 g/mol. The normalized spacial score (nSPS) is 18.2. The number of rotatable bonds is 3. The average Bonchev–Trinajstić information content (AvgIpc) is 2.67. The minimum absolute atomic E-state index is 0.0211. The summed E-state index contributed by atoms with van der Waals surface area (Å²) in [6, 6.07) is 2.06. The maximum absolute atomic E-state index is 12.7. The summed E-state index contributed by atoms with van der Waals surface area (Å²) in [7, 11) is 0. The van der Waals surface area contributed by atoms with Gasteiger partial charge in [0.2, 0.25) is 0 Å². The molecule has 1 aromatic rings. The third kappa shape index (κ3) is 3.57. The van der Waals surface area contributed by atoms with Gasteiger partial charge < -0.3 is 4.57 Å². The van der Waals surface area contributed by atoms with Gasteiger partial charge in [0.15, 0.2) is 5.78 Å². The molecule has 0 bridgehead atoms. The van der Waals surface area contributed by atoms with Crippen LogP contribution >= 0.6 is 0 Å². The molecular weight excluding hydrogens is 260 g/mol. The molecule has 0 aromatic carbocycles. The third-order valence-corrected chi connectivity index (χ3v) is 4.65. The average molecular weight is 290 g/mol. The van der Waals surface area contributed by atoms with Crippen LogP contribution in [0.3, 0.4) is 0 Å². The van der Waals surface area contributed by atoms with Gasteiger partial charge in [-0.25, -0.2) is 0 Å². The smallest absolute Gasteiger partial charge is 0.178 e. The van der Waals surface area contributed by atoms with Gasteiger partial charge in [0.1, 0.15) is 0 Å². The van der Waals surface area contributed by atoms with Crippen molar-refractivity contribution in [3.8, 4) is 0 Å². The van der Waals surface area contributed by atoms with E-state index in [2.05, 4.69) is 57.1 Å². The van der Waals surface area contributed by atoms with Crippen LogP contribution in [0.4, 0.5) is 0 Å². The van der Waals surface area contributed by atoms with Crippen LogP contribution in [0.5, 0.6) is 0 Å². The first-order valence-corrected chi connectivity index (χ1v) is 8.15. The second kappa shape index (κ2) is 5.96. The van der Waals surface area contributed by atoms with Crippen LogP contribution in [0.2, 0.25) is 0 Å². The van der Waals surface area contributed by atoms with E-state index in [1.54, 1.807) is 0 Å². The van der Waals surface area contributed by atoms with Crippen molar-refractivity contribution < 1.29 is 4.79 Å². The number of likely N-dealkylation sites (tertiary alicyclic amines) is 1. The fourth-order valence-corrected chi connectivity index (χ4v) is 3.59. The summed E-state index contributed by atoms with van der Waals surface area (Å²) in [6.07, 6.45) is 2.43. The van der Waals surface area contributed by atoms with Crippen LogP contribution in [-0.2, 0) is 5.54 Å². The second-order valence-corrected chi connectivity index (χ2v) is 7.67. The summed E-state index contributed by atoms with van der Waals surface area (Å²) in [5.41, 5.74) is 3.21. The Labute approximate surface area is 129 Å². The number of piperidine rings is 1. The van der Waals surface area contributed by atoms with Crippen molar-refractivity contribution in [1.29, 1.82) is 0 Å². The first-order valence-electron chi connectivity index (χ1n) is 8.15. The lowest BCUT2D eigenvalue weighted by molar-refractivity contribution is 0.0899. The third-order valence-electron chi connectivity index (χ3n) is 4.65. The van der Waals surface area contributed by atoms with Crippen LogP contribution in [-0.4, -0.2) is 34.9 Å². The molecule has 2 rings (SSSR count).